The molecule has 4 nitrogen and oxygen atoms in total. The van der Waals surface area contributed by atoms with Gasteiger partial charge < -0.3 is 10.2 Å². The monoisotopic (exact) mass is 342 g/mol. The third-order valence-corrected chi connectivity index (χ3v) is 5.99. The zero-order valence-corrected chi connectivity index (χ0v) is 15.5. The molecule has 3 rings (SSSR count). The first-order valence-electron chi connectivity index (χ1n) is 9.70. The highest BCUT2D eigenvalue weighted by molar-refractivity contribution is 5.94. The Balaban J connectivity index is 1.64. The standard InChI is InChI=1S/C21H30N2O2/c1-15-12-14-23(20-6-4-3-5-19(15)20)21(25)18-9-7-17(8-10-18)11-13-22-16(2)24/h7-10,15,19-20H,3-6,11-14H2,1-2H3,(H,22,24). The molecule has 1 saturated carbocycles. The minimum absolute atomic E-state index is 0.00633. The van der Waals surface area contributed by atoms with Crippen LogP contribution in [0.5, 0.6) is 0 Å². The Morgan fingerprint density at radius 3 is 2.56 bits per heavy atom. The Hall–Kier alpha value is -1.84. The third-order valence-electron chi connectivity index (χ3n) is 5.99. The van der Waals surface area contributed by atoms with Crippen LogP contribution in [0.2, 0.25) is 0 Å². The van der Waals surface area contributed by atoms with Crippen molar-refractivity contribution in [1.82, 2.24) is 10.2 Å². The molecule has 25 heavy (non-hydrogen) atoms. The molecular formula is C21H30N2O2. The maximum absolute atomic E-state index is 13.0. The topological polar surface area (TPSA) is 49.4 Å². The molecule has 1 aliphatic heterocycles. The van der Waals surface area contributed by atoms with E-state index in [0.717, 1.165) is 42.9 Å². The van der Waals surface area contributed by atoms with Crippen LogP contribution in [0, 0.1) is 11.8 Å². The maximum Gasteiger partial charge on any atom is 0.254 e. The molecule has 1 saturated heterocycles. The van der Waals surface area contributed by atoms with Crippen molar-refractivity contribution in [3.63, 3.8) is 0 Å². The van der Waals surface area contributed by atoms with Gasteiger partial charge >= 0.3 is 0 Å². The number of fused-ring (bicyclic) bond motifs is 1. The van der Waals surface area contributed by atoms with Crippen LogP contribution < -0.4 is 5.32 Å². The van der Waals surface area contributed by atoms with E-state index in [-0.39, 0.29) is 11.8 Å². The summed E-state index contributed by atoms with van der Waals surface area (Å²) in [7, 11) is 0. The molecule has 2 fully saturated rings. The normalized spacial score (nSPS) is 26.0. The van der Waals surface area contributed by atoms with E-state index in [4.69, 9.17) is 0 Å². The number of rotatable bonds is 4. The van der Waals surface area contributed by atoms with E-state index >= 15 is 0 Å². The molecule has 1 aromatic carbocycles. The van der Waals surface area contributed by atoms with Crippen LogP contribution in [-0.4, -0.2) is 35.8 Å². The van der Waals surface area contributed by atoms with Crippen molar-refractivity contribution in [3.8, 4) is 0 Å². The Morgan fingerprint density at radius 1 is 1.12 bits per heavy atom. The summed E-state index contributed by atoms with van der Waals surface area (Å²) in [6, 6.07) is 8.35. The fourth-order valence-corrected chi connectivity index (χ4v) is 4.53. The number of carbonyl (C=O) groups excluding carboxylic acids is 2. The number of piperidine rings is 1. The van der Waals surface area contributed by atoms with E-state index in [1.54, 1.807) is 0 Å². The summed E-state index contributed by atoms with van der Waals surface area (Å²) in [4.78, 5) is 26.1. The minimum atomic E-state index is -0.00633. The van der Waals surface area contributed by atoms with E-state index in [0.29, 0.717) is 18.5 Å². The Labute approximate surface area is 151 Å². The van der Waals surface area contributed by atoms with Gasteiger partial charge in [-0.1, -0.05) is 31.9 Å². The van der Waals surface area contributed by atoms with Crippen LogP contribution in [0.4, 0.5) is 0 Å². The number of hydrogen-bond acceptors (Lipinski definition) is 2. The second-order valence-corrected chi connectivity index (χ2v) is 7.71. The van der Waals surface area contributed by atoms with Crippen molar-refractivity contribution in [2.24, 2.45) is 11.8 Å². The number of hydrogen-bond donors (Lipinski definition) is 1. The maximum atomic E-state index is 13.0. The molecule has 0 aromatic heterocycles. The van der Waals surface area contributed by atoms with Crippen molar-refractivity contribution in [2.75, 3.05) is 13.1 Å². The third kappa shape index (κ3) is 4.23. The van der Waals surface area contributed by atoms with Crippen LogP contribution in [0.1, 0.15) is 61.9 Å². The molecule has 0 radical (unpaired) electrons. The quantitative estimate of drug-likeness (QED) is 0.911. The molecule has 3 unspecified atom stereocenters. The van der Waals surface area contributed by atoms with Gasteiger partial charge in [-0.25, -0.2) is 0 Å². The lowest BCUT2D eigenvalue weighted by Crippen LogP contribution is -2.52. The summed E-state index contributed by atoms with van der Waals surface area (Å²) >= 11 is 0. The molecule has 2 aliphatic rings. The van der Waals surface area contributed by atoms with Gasteiger partial charge in [0.2, 0.25) is 5.91 Å². The van der Waals surface area contributed by atoms with E-state index in [1.165, 1.54) is 26.2 Å². The lowest BCUT2D eigenvalue weighted by molar-refractivity contribution is -0.118. The van der Waals surface area contributed by atoms with Crippen molar-refractivity contribution in [3.05, 3.63) is 35.4 Å². The first-order chi connectivity index (χ1) is 12.1. The van der Waals surface area contributed by atoms with Gasteiger partial charge in [0.1, 0.15) is 0 Å². The van der Waals surface area contributed by atoms with Crippen LogP contribution in [-0.2, 0) is 11.2 Å². The van der Waals surface area contributed by atoms with E-state index in [9.17, 15) is 9.59 Å². The summed E-state index contributed by atoms with van der Waals surface area (Å²) in [5.74, 6) is 1.61. The lowest BCUT2D eigenvalue weighted by Gasteiger charge is -2.47. The summed E-state index contributed by atoms with van der Waals surface area (Å²) in [6.45, 7) is 5.41. The van der Waals surface area contributed by atoms with Crippen molar-refractivity contribution >= 4 is 11.8 Å². The largest absolute Gasteiger partial charge is 0.356 e. The Morgan fingerprint density at radius 2 is 1.84 bits per heavy atom. The van der Waals surface area contributed by atoms with E-state index in [1.807, 2.05) is 24.3 Å². The van der Waals surface area contributed by atoms with E-state index in [2.05, 4.69) is 17.1 Å². The fraction of sp³-hybridized carbons (Fsp3) is 0.619. The highest BCUT2D eigenvalue weighted by Gasteiger charge is 2.39. The van der Waals surface area contributed by atoms with Crippen LogP contribution in [0.15, 0.2) is 24.3 Å². The average molecular weight is 342 g/mol. The molecule has 1 N–H and O–H groups in total. The average Bonchev–Trinajstić information content (AvgIpc) is 2.62. The highest BCUT2D eigenvalue weighted by atomic mass is 16.2. The molecule has 1 heterocycles. The summed E-state index contributed by atoms with van der Waals surface area (Å²) in [6.07, 6.45) is 6.92. The van der Waals surface area contributed by atoms with Gasteiger partial charge in [-0.05, 0) is 55.2 Å². The van der Waals surface area contributed by atoms with Gasteiger partial charge in [-0.15, -0.1) is 0 Å². The van der Waals surface area contributed by atoms with Crippen LogP contribution in [0.25, 0.3) is 0 Å². The number of amides is 2. The SMILES string of the molecule is CC(=O)NCCc1ccc(C(=O)N2CCC(C)C3CCCCC32)cc1. The number of nitrogens with one attached hydrogen (secondary N) is 1. The summed E-state index contributed by atoms with van der Waals surface area (Å²) in [5.41, 5.74) is 1.94. The van der Waals surface area contributed by atoms with Gasteiger partial charge in [0.15, 0.2) is 0 Å². The minimum Gasteiger partial charge on any atom is -0.356 e. The second-order valence-electron chi connectivity index (χ2n) is 7.71. The van der Waals surface area contributed by atoms with Gasteiger partial charge in [0, 0.05) is 31.6 Å². The molecule has 3 atom stereocenters. The van der Waals surface area contributed by atoms with Gasteiger partial charge in [0.05, 0.1) is 0 Å². The van der Waals surface area contributed by atoms with Crippen molar-refractivity contribution in [2.45, 2.75) is 58.4 Å². The number of nitrogens with zero attached hydrogens (tertiary/aromatic N) is 1. The van der Waals surface area contributed by atoms with Gasteiger partial charge in [-0.2, -0.15) is 0 Å². The fourth-order valence-electron chi connectivity index (χ4n) is 4.53. The first kappa shape index (κ1) is 18.0. The van der Waals surface area contributed by atoms with Crippen LogP contribution in [0.3, 0.4) is 0 Å². The Bertz CT molecular complexity index is 611. The molecule has 0 spiro atoms. The molecule has 0 bridgehead atoms. The number of likely N-dealkylation sites (tertiary alicyclic amines) is 1. The molecule has 4 heteroatoms. The van der Waals surface area contributed by atoms with E-state index < -0.39 is 0 Å². The molecule has 2 amide bonds. The molecular weight excluding hydrogens is 312 g/mol. The van der Waals surface area contributed by atoms with Gasteiger partial charge in [0.25, 0.3) is 5.91 Å². The predicted octanol–water partition coefficient (Wildman–Crippen LogP) is 3.41. The summed E-state index contributed by atoms with van der Waals surface area (Å²) in [5, 5.41) is 2.80. The number of carbonyl (C=O) groups is 2. The summed E-state index contributed by atoms with van der Waals surface area (Å²) < 4.78 is 0. The molecule has 1 aliphatic carbocycles. The lowest BCUT2D eigenvalue weighted by atomic mass is 9.72. The highest BCUT2D eigenvalue weighted by Crippen LogP contribution is 2.39. The number of benzene rings is 1. The van der Waals surface area contributed by atoms with Gasteiger partial charge in [-0.3, -0.25) is 9.59 Å². The molecule has 1 aromatic rings. The second kappa shape index (κ2) is 8.03. The smallest absolute Gasteiger partial charge is 0.254 e. The first-order valence-corrected chi connectivity index (χ1v) is 9.70. The Kier molecular flexibility index (Phi) is 5.77. The predicted molar refractivity (Wildman–Crippen MR) is 99.4 cm³/mol. The zero-order chi connectivity index (χ0) is 17.8. The van der Waals surface area contributed by atoms with Crippen LogP contribution >= 0.6 is 0 Å². The van der Waals surface area contributed by atoms with Crippen molar-refractivity contribution in [1.29, 1.82) is 0 Å². The molecule has 136 valence electrons. The zero-order valence-electron chi connectivity index (χ0n) is 15.5. The van der Waals surface area contributed by atoms with Crippen molar-refractivity contribution < 1.29 is 9.59 Å².